The van der Waals surface area contributed by atoms with E-state index in [-0.39, 0.29) is 12.4 Å². The van der Waals surface area contributed by atoms with Crippen molar-refractivity contribution < 1.29 is 19.4 Å². The van der Waals surface area contributed by atoms with Crippen LogP contribution < -0.4 is 0 Å². The molecule has 0 aliphatic carbocycles. The Bertz CT molecular complexity index is 246. The van der Waals surface area contributed by atoms with Crippen molar-refractivity contribution in [3.05, 3.63) is 12.2 Å². The van der Waals surface area contributed by atoms with Crippen LogP contribution in [0.3, 0.4) is 0 Å². The number of esters is 1. The molecule has 4 heteroatoms. The third-order valence-electron chi connectivity index (χ3n) is 2.44. The van der Waals surface area contributed by atoms with Gasteiger partial charge in [-0.15, -0.1) is 0 Å². The molecule has 4 nitrogen and oxygen atoms in total. The number of carbonyl (C=O) groups is 2. The molecule has 0 fully saturated rings. The Labute approximate surface area is 103 Å². The molecule has 0 spiro atoms. The highest BCUT2D eigenvalue weighted by molar-refractivity contribution is 5.70. The van der Waals surface area contributed by atoms with Crippen molar-refractivity contribution >= 4 is 11.9 Å². The van der Waals surface area contributed by atoms with Gasteiger partial charge < -0.3 is 9.84 Å². The molecule has 0 saturated heterocycles. The Morgan fingerprint density at radius 2 is 1.71 bits per heavy atom. The van der Waals surface area contributed by atoms with Crippen LogP contribution in [0.4, 0.5) is 0 Å². The summed E-state index contributed by atoms with van der Waals surface area (Å²) in [7, 11) is 1.38. The Morgan fingerprint density at radius 1 is 1.06 bits per heavy atom. The lowest BCUT2D eigenvalue weighted by atomic mass is 10.1. The highest BCUT2D eigenvalue weighted by Crippen LogP contribution is 2.07. The topological polar surface area (TPSA) is 63.6 Å². The summed E-state index contributed by atoms with van der Waals surface area (Å²) in [6.45, 7) is 0. The summed E-state index contributed by atoms with van der Waals surface area (Å²) in [5.74, 6) is -0.925. The molecule has 0 radical (unpaired) electrons. The number of rotatable bonds is 10. The van der Waals surface area contributed by atoms with Crippen LogP contribution in [0.1, 0.15) is 51.4 Å². The highest BCUT2D eigenvalue weighted by Gasteiger charge is 1.96. The highest BCUT2D eigenvalue weighted by atomic mass is 16.5. The molecule has 0 aromatic heterocycles. The van der Waals surface area contributed by atoms with Crippen LogP contribution in [0.2, 0.25) is 0 Å². The number of hydrogen-bond acceptors (Lipinski definition) is 3. The van der Waals surface area contributed by atoms with E-state index in [1.54, 1.807) is 0 Å². The van der Waals surface area contributed by atoms with Crippen LogP contribution in [-0.4, -0.2) is 24.2 Å². The monoisotopic (exact) mass is 242 g/mol. The second-order valence-electron chi connectivity index (χ2n) is 3.95. The molecule has 0 unspecified atom stereocenters. The van der Waals surface area contributed by atoms with Gasteiger partial charge >= 0.3 is 11.9 Å². The van der Waals surface area contributed by atoms with Crippen LogP contribution in [0.15, 0.2) is 12.2 Å². The number of carbonyl (C=O) groups excluding carboxylic acids is 1. The summed E-state index contributed by atoms with van der Waals surface area (Å²) in [5, 5.41) is 8.43. The predicted octanol–water partition coefficient (Wildman–Crippen LogP) is 2.92. The lowest BCUT2D eigenvalue weighted by Gasteiger charge is -1.98. The maximum atomic E-state index is 10.8. The number of carboxylic acid groups (broad SMARTS) is 1. The first-order valence-corrected chi connectivity index (χ1v) is 6.10. The first-order valence-electron chi connectivity index (χ1n) is 6.10. The van der Waals surface area contributed by atoms with Gasteiger partial charge in [0.05, 0.1) is 13.5 Å². The van der Waals surface area contributed by atoms with Crippen molar-refractivity contribution in [1.29, 1.82) is 0 Å². The van der Waals surface area contributed by atoms with Gasteiger partial charge in [-0.3, -0.25) is 9.59 Å². The van der Waals surface area contributed by atoms with E-state index in [2.05, 4.69) is 4.74 Å². The Kier molecular flexibility index (Phi) is 10.3. The van der Waals surface area contributed by atoms with Crippen LogP contribution in [0.5, 0.6) is 0 Å². The maximum Gasteiger partial charge on any atom is 0.309 e. The van der Waals surface area contributed by atoms with E-state index in [0.29, 0.717) is 6.42 Å². The second kappa shape index (κ2) is 11.2. The minimum atomic E-state index is -0.712. The quantitative estimate of drug-likeness (QED) is 0.363. The van der Waals surface area contributed by atoms with E-state index in [1.165, 1.54) is 7.11 Å². The fraction of sp³-hybridized carbons (Fsp3) is 0.692. The van der Waals surface area contributed by atoms with Crippen molar-refractivity contribution in [2.45, 2.75) is 51.4 Å². The zero-order chi connectivity index (χ0) is 12.9. The van der Waals surface area contributed by atoms with Gasteiger partial charge in [0.2, 0.25) is 0 Å². The van der Waals surface area contributed by atoms with Gasteiger partial charge in [-0.05, 0) is 19.3 Å². The Hall–Kier alpha value is -1.32. The summed E-state index contributed by atoms with van der Waals surface area (Å²) in [6, 6.07) is 0. The first kappa shape index (κ1) is 15.7. The molecule has 0 rings (SSSR count). The fourth-order valence-electron chi connectivity index (χ4n) is 1.45. The average Bonchev–Trinajstić information content (AvgIpc) is 2.30. The van der Waals surface area contributed by atoms with Crippen molar-refractivity contribution in [2.75, 3.05) is 7.11 Å². The zero-order valence-electron chi connectivity index (χ0n) is 10.5. The van der Waals surface area contributed by atoms with Gasteiger partial charge in [0, 0.05) is 6.42 Å². The van der Waals surface area contributed by atoms with Gasteiger partial charge in [0.25, 0.3) is 0 Å². The number of carboxylic acids is 1. The normalized spacial score (nSPS) is 10.6. The maximum absolute atomic E-state index is 10.8. The van der Waals surface area contributed by atoms with E-state index in [1.807, 2.05) is 12.2 Å². The van der Waals surface area contributed by atoms with Crippen LogP contribution in [-0.2, 0) is 14.3 Å². The molecule has 17 heavy (non-hydrogen) atoms. The van der Waals surface area contributed by atoms with Gasteiger partial charge in [-0.25, -0.2) is 0 Å². The van der Waals surface area contributed by atoms with Crippen LogP contribution in [0, 0.1) is 0 Å². The smallest absolute Gasteiger partial charge is 0.309 e. The van der Waals surface area contributed by atoms with Gasteiger partial charge in [-0.2, -0.15) is 0 Å². The summed E-state index contributed by atoms with van der Waals surface area (Å²) in [6.07, 6.45) is 10.4. The van der Waals surface area contributed by atoms with E-state index in [4.69, 9.17) is 5.11 Å². The van der Waals surface area contributed by atoms with Gasteiger partial charge in [0.1, 0.15) is 0 Å². The standard InChI is InChI=1S/C13H22O4/c1-17-13(16)11-9-7-5-3-2-4-6-8-10-12(14)15/h7,9H,2-6,8,10-11H2,1H3,(H,14,15). The van der Waals surface area contributed by atoms with Gasteiger partial charge in [0.15, 0.2) is 0 Å². The molecule has 0 aliphatic rings. The second-order valence-corrected chi connectivity index (χ2v) is 3.95. The molecule has 1 N–H and O–H groups in total. The molecule has 0 aromatic rings. The predicted molar refractivity (Wildman–Crippen MR) is 65.7 cm³/mol. The number of allylic oxidation sites excluding steroid dienone is 1. The van der Waals surface area contributed by atoms with E-state index in [9.17, 15) is 9.59 Å². The lowest BCUT2D eigenvalue weighted by Crippen LogP contribution is -1.96. The van der Waals surface area contributed by atoms with Crippen LogP contribution in [0.25, 0.3) is 0 Å². The summed E-state index contributed by atoms with van der Waals surface area (Å²) >= 11 is 0. The van der Waals surface area contributed by atoms with Gasteiger partial charge in [-0.1, -0.05) is 31.4 Å². The van der Waals surface area contributed by atoms with Crippen molar-refractivity contribution in [1.82, 2.24) is 0 Å². The average molecular weight is 242 g/mol. The summed E-state index contributed by atoms with van der Waals surface area (Å²) in [5.41, 5.74) is 0. The third-order valence-corrected chi connectivity index (χ3v) is 2.44. The van der Waals surface area contributed by atoms with E-state index < -0.39 is 5.97 Å². The number of ether oxygens (including phenoxy) is 1. The Balaban J connectivity index is 3.18. The molecule has 0 aliphatic heterocycles. The summed E-state index contributed by atoms with van der Waals surface area (Å²) in [4.78, 5) is 21.0. The first-order chi connectivity index (χ1) is 8.16. The molecular formula is C13H22O4. The Morgan fingerprint density at radius 3 is 2.35 bits per heavy atom. The minimum Gasteiger partial charge on any atom is -0.481 e. The third kappa shape index (κ3) is 12.6. The minimum absolute atomic E-state index is 0.213. The fourth-order valence-corrected chi connectivity index (χ4v) is 1.45. The largest absolute Gasteiger partial charge is 0.481 e. The molecule has 0 bridgehead atoms. The number of unbranched alkanes of at least 4 members (excludes halogenated alkanes) is 5. The molecule has 0 aromatic carbocycles. The summed E-state index contributed by atoms with van der Waals surface area (Å²) < 4.78 is 4.50. The van der Waals surface area contributed by atoms with E-state index in [0.717, 1.165) is 38.5 Å². The molecular weight excluding hydrogens is 220 g/mol. The number of aliphatic carboxylic acids is 1. The lowest BCUT2D eigenvalue weighted by molar-refractivity contribution is -0.139. The number of methoxy groups -OCH3 is 1. The molecule has 0 atom stereocenters. The van der Waals surface area contributed by atoms with E-state index >= 15 is 0 Å². The SMILES string of the molecule is COC(=O)CC=CCCCCCCCC(=O)O. The zero-order valence-corrected chi connectivity index (χ0v) is 10.5. The van der Waals surface area contributed by atoms with Crippen LogP contribution >= 0.6 is 0 Å². The molecule has 0 saturated carbocycles. The molecule has 0 amide bonds. The molecule has 98 valence electrons. The van der Waals surface area contributed by atoms with Crippen molar-refractivity contribution in [2.24, 2.45) is 0 Å². The van der Waals surface area contributed by atoms with Crippen molar-refractivity contribution in [3.8, 4) is 0 Å². The van der Waals surface area contributed by atoms with Crippen molar-refractivity contribution in [3.63, 3.8) is 0 Å². The molecule has 0 heterocycles. The number of hydrogen-bond donors (Lipinski definition) is 1.